The Hall–Kier alpha value is -3.61. The number of imidazole rings is 1. The molecule has 0 bridgehead atoms. The van der Waals surface area contributed by atoms with Crippen LogP contribution in [0.1, 0.15) is 23.7 Å². The van der Waals surface area contributed by atoms with Gasteiger partial charge < -0.3 is 19.9 Å². The number of anilines is 2. The van der Waals surface area contributed by atoms with E-state index in [2.05, 4.69) is 15.6 Å². The quantitative estimate of drug-likeness (QED) is 0.628. The SMILES string of the molecule is CCOc1ccc(NC(=O)c2cccc(NC(=O)CCn3ccnc3)c2)cc1. The molecule has 0 aliphatic carbocycles. The number of rotatable bonds is 8. The summed E-state index contributed by atoms with van der Waals surface area (Å²) in [4.78, 5) is 28.5. The molecule has 0 fully saturated rings. The molecule has 0 aliphatic heterocycles. The lowest BCUT2D eigenvalue weighted by Gasteiger charge is -2.09. The Bertz CT molecular complexity index is 921. The van der Waals surface area contributed by atoms with Gasteiger partial charge in [-0.3, -0.25) is 9.59 Å². The number of nitrogens with one attached hydrogen (secondary N) is 2. The van der Waals surface area contributed by atoms with Crippen molar-refractivity contribution in [2.45, 2.75) is 19.9 Å². The average Bonchev–Trinajstić information content (AvgIpc) is 3.22. The molecule has 1 heterocycles. The Morgan fingerprint density at radius 2 is 1.89 bits per heavy atom. The third-order valence-electron chi connectivity index (χ3n) is 3.99. The summed E-state index contributed by atoms with van der Waals surface area (Å²) in [5.41, 5.74) is 1.71. The molecule has 7 heteroatoms. The van der Waals surface area contributed by atoms with Gasteiger partial charge >= 0.3 is 0 Å². The van der Waals surface area contributed by atoms with Crippen LogP contribution < -0.4 is 15.4 Å². The fourth-order valence-electron chi connectivity index (χ4n) is 2.62. The van der Waals surface area contributed by atoms with E-state index >= 15 is 0 Å². The van der Waals surface area contributed by atoms with Crippen molar-refractivity contribution in [3.63, 3.8) is 0 Å². The number of ether oxygens (including phenoxy) is 1. The van der Waals surface area contributed by atoms with E-state index in [1.807, 2.05) is 11.5 Å². The maximum Gasteiger partial charge on any atom is 0.255 e. The van der Waals surface area contributed by atoms with Crippen molar-refractivity contribution in [3.05, 3.63) is 72.8 Å². The van der Waals surface area contributed by atoms with E-state index in [9.17, 15) is 9.59 Å². The fraction of sp³-hybridized carbons (Fsp3) is 0.190. The minimum Gasteiger partial charge on any atom is -0.494 e. The molecule has 0 atom stereocenters. The van der Waals surface area contributed by atoms with Crippen LogP contribution >= 0.6 is 0 Å². The van der Waals surface area contributed by atoms with Gasteiger partial charge in [0.25, 0.3) is 5.91 Å². The smallest absolute Gasteiger partial charge is 0.255 e. The standard InChI is InChI=1S/C21H22N4O3/c1-2-28-19-8-6-17(7-9-19)24-21(27)16-4-3-5-18(14-16)23-20(26)10-12-25-13-11-22-15-25/h3-9,11,13-15H,2,10,12H2,1H3,(H,23,26)(H,24,27). The zero-order chi connectivity index (χ0) is 19.8. The molecular formula is C21H22N4O3. The highest BCUT2D eigenvalue weighted by atomic mass is 16.5. The van der Waals surface area contributed by atoms with Gasteiger partial charge in [-0.25, -0.2) is 4.98 Å². The van der Waals surface area contributed by atoms with Crippen LogP contribution in [0.15, 0.2) is 67.3 Å². The molecule has 7 nitrogen and oxygen atoms in total. The van der Waals surface area contributed by atoms with Crippen molar-refractivity contribution in [1.29, 1.82) is 0 Å². The average molecular weight is 378 g/mol. The van der Waals surface area contributed by atoms with Crippen LogP contribution in [0.4, 0.5) is 11.4 Å². The second-order valence-corrected chi connectivity index (χ2v) is 6.09. The van der Waals surface area contributed by atoms with Gasteiger partial charge in [0, 0.05) is 42.3 Å². The van der Waals surface area contributed by atoms with Crippen molar-refractivity contribution in [2.24, 2.45) is 0 Å². The normalized spacial score (nSPS) is 10.3. The number of carbonyl (C=O) groups excluding carboxylic acids is 2. The van der Waals surface area contributed by atoms with Crippen LogP contribution in [0, 0.1) is 0 Å². The van der Waals surface area contributed by atoms with E-state index in [0.29, 0.717) is 36.5 Å². The molecule has 0 saturated carbocycles. The van der Waals surface area contributed by atoms with Gasteiger partial charge in [0.1, 0.15) is 5.75 Å². The van der Waals surface area contributed by atoms with Crippen molar-refractivity contribution >= 4 is 23.2 Å². The minimum absolute atomic E-state index is 0.127. The van der Waals surface area contributed by atoms with Crippen molar-refractivity contribution in [3.8, 4) is 5.75 Å². The minimum atomic E-state index is -0.251. The first kappa shape index (κ1) is 19.2. The summed E-state index contributed by atoms with van der Waals surface area (Å²) in [7, 11) is 0. The maximum atomic E-state index is 12.5. The highest BCUT2D eigenvalue weighted by Gasteiger charge is 2.09. The number of aromatic nitrogens is 2. The number of nitrogens with zero attached hydrogens (tertiary/aromatic N) is 2. The molecule has 0 unspecified atom stereocenters. The monoisotopic (exact) mass is 378 g/mol. The predicted octanol–water partition coefficient (Wildman–Crippen LogP) is 3.56. The van der Waals surface area contributed by atoms with Crippen LogP contribution in [0.3, 0.4) is 0 Å². The summed E-state index contributed by atoms with van der Waals surface area (Å²) >= 11 is 0. The van der Waals surface area contributed by atoms with Crippen LogP contribution in [-0.2, 0) is 11.3 Å². The molecule has 0 saturated heterocycles. The van der Waals surface area contributed by atoms with Crippen LogP contribution in [-0.4, -0.2) is 28.0 Å². The molecule has 0 aliphatic rings. The Morgan fingerprint density at radius 1 is 1.07 bits per heavy atom. The fourth-order valence-corrected chi connectivity index (χ4v) is 2.62. The number of carbonyl (C=O) groups is 2. The first-order valence-corrected chi connectivity index (χ1v) is 9.04. The topological polar surface area (TPSA) is 85.3 Å². The van der Waals surface area contributed by atoms with Gasteiger partial charge in [0.15, 0.2) is 0 Å². The molecule has 0 spiro atoms. The maximum absolute atomic E-state index is 12.5. The van der Waals surface area contributed by atoms with E-state index < -0.39 is 0 Å². The summed E-state index contributed by atoms with van der Waals surface area (Å²) in [5.74, 6) is 0.373. The molecule has 3 aromatic rings. The van der Waals surface area contributed by atoms with Gasteiger partial charge in [0.2, 0.25) is 5.91 Å². The van der Waals surface area contributed by atoms with Crippen LogP contribution in [0.5, 0.6) is 5.75 Å². The molecule has 0 radical (unpaired) electrons. The molecule has 2 amide bonds. The summed E-state index contributed by atoms with van der Waals surface area (Å²) in [6.45, 7) is 3.05. The van der Waals surface area contributed by atoms with E-state index in [-0.39, 0.29) is 11.8 Å². The van der Waals surface area contributed by atoms with Gasteiger partial charge in [-0.05, 0) is 49.4 Å². The number of hydrogen-bond donors (Lipinski definition) is 2. The van der Waals surface area contributed by atoms with Crippen molar-refractivity contribution < 1.29 is 14.3 Å². The van der Waals surface area contributed by atoms with E-state index in [0.717, 1.165) is 5.75 Å². The largest absolute Gasteiger partial charge is 0.494 e. The molecule has 28 heavy (non-hydrogen) atoms. The second kappa shape index (κ2) is 9.36. The Kier molecular flexibility index (Phi) is 6.41. The lowest BCUT2D eigenvalue weighted by atomic mass is 10.1. The van der Waals surface area contributed by atoms with Crippen molar-refractivity contribution in [1.82, 2.24) is 9.55 Å². The lowest BCUT2D eigenvalue weighted by molar-refractivity contribution is -0.116. The summed E-state index contributed by atoms with van der Waals surface area (Å²) in [5, 5.41) is 5.65. The molecular weight excluding hydrogens is 356 g/mol. The number of benzene rings is 2. The first-order valence-electron chi connectivity index (χ1n) is 9.04. The summed E-state index contributed by atoms with van der Waals surface area (Å²) in [6.07, 6.45) is 5.46. The third kappa shape index (κ3) is 5.44. The predicted molar refractivity (Wildman–Crippen MR) is 107 cm³/mol. The second-order valence-electron chi connectivity index (χ2n) is 6.09. The van der Waals surface area contributed by atoms with Crippen molar-refractivity contribution in [2.75, 3.05) is 17.2 Å². The zero-order valence-electron chi connectivity index (χ0n) is 15.6. The third-order valence-corrected chi connectivity index (χ3v) is 3.99. The number of hydrogen-bond acceptors (Lipinski definition) is 4. The molecule has 2 aromatic carbocycles. The van der Waals surface area contributed by atoms with Crippen LogP contribution in [0.2, 0.25) is 0 Å². The summed E-state index contributed by atoms with van der Waals surface area (Å²) in [6, 6.07) is 14.0. The molecule has 1 aromatic heterocycles. The molecule has 3 rings (SSSR count). The van der Waals surface area contributed by atoms with Gasteiger partial charge in [-0.1, -0.05) is 6.07 Å². The summed E-state index contributed by atoms with van der Waals surface area (Å²) < 4.78 is 7.22. The van der Waals surface area contributed by atoms with Gasteiger partial charge in [0.05, 0.1) is 12.9 Å². The van der Waals surface area contributed by atoms with E-state index in [4.69, 9.17) is 4.74 Å². The molecule has 2 N–H and O–H groups in total. The van der Waals surface area contributed by atoms with Gasteiger partial charge in [-0.15, -0.1) is 0 Å². The lowest BCUT2D eigenvalue weighted by Crippen LogP contribution is -2.15. The van der Waals surface area contributed by atoms with E-state index in [1.165, 1.54) is 0 Å². The Balaban J connectivity index is 1.57. The highest BCUT2D eigenvalue weighted by Crippen LogP contribution is 2.17. The Labute approximate surface area is 163 Å². The molecule has 144 valence electrons. The zero-order valence-corrected chi connectivity index (χ0v) is 15.6. The highest BCUT2D eigenvalue weighted by molar-refractivity contribution is 6.05. The number of amides is 2. The Morgan fingerprint density at radius 3 is 2.61 bits per heavy atom. The first-order chi connectivity index (χ1) is 13.6. The van der Waals surface area contributed by atoms with Gasteiger partial charge in [-0.2, -0.15) is 0 Å². The van der Waals surface area contributed by atoms with Crippen LogP contribution in [0.25, 0.3) is 0 Å². The number of aryl methyl sites for hydroxylation is 1. The van der Waals surface area contributed by atoms with E-state index in [1.54, 1.807) is 67.3 Å².